The summed E-state index contributed by atoms with van der Waals surface area (Å²) >= 11 is 2.94. The number of ether oxygens (including phenoxy) is 1. The second-order valence-corrected chi connectivity index (χ2v) is 7.80. The van der Waals surface area contributed by atoms with Crippen molar-refractivity contribution in [1.29, 1.82) is 0 Å². The molecule has 5 N–H and O–H groups in total. The Kier molecular flexibility index (Phi) is 7.15. The Hall–Kier alpha value is -1.97. The molecule has 1 unspecified atom stereocenters. The zero-order valence-electron chi connectivity index (χ0n) is 16.5. The van der Waals surface area contributed by atoms with Gasteiger partial charge in [-0.15, -0.1) is 0 Å². The molecule has 1 aliphatic rings. The molecular formula is C21H26N2O6Se. The number of para-hydroxylation sites is 1. The molecule has 0 amide bonds. The van der Waals surface area contributed by atoms with E-state index in [-0.39, 0.29) is 6.54 Å². The molecule has 0 bridgehead atoms. The molecule has 1 saturated heterocycles. The van der Waals surface area contributed by atoms with Crippen LogP contribution in [0.15, 0.2) is 54.6 Å². The fourth-order valence-corrected chi connectivity index (χ4v) is 4.39. The predicted octanol–water partition coefficient (Wildman–Crippen LogP) is -0.569. The average Bonchev–Trinajstić information content (AvgIpc) is 3.05. The number of anilines is 2. The van der Waals surface area contributed by atoms with Crippen LogP contribution in [0.1, 0.15) is 6.92 Å². The first-order chi connectivity index (χ1) is 14.3. The number of aliphatic hydroxyl groups excluding tert-OH is 4. The SMILES string of the molecule is CCOc1ccc(N2CC(O)([C@@H](O)[C@H](O)[C@H](O)CO)N(c3ccccc3)C2=[Se])cc1. The summed E-state index contributed by atoms with van der Waals surface area (Å²) in [6.07, 6.45) is -5.15. The fraction of sp³-hybridized carbons (Fsp3) is 0.381. The molecule has 162 valence electrons. The van der Waals surface area contributed by atoms with Crippen LogP contribution in [0.25, 0.3) is 0 Å². The van der Waals surface area contributed by atoms with Crippen LogP contribution in [0.5, 0.6) is 5.75 Å². The normalized spacial score (nSPS) is 22.1. The third-order valence-corrected chi connectivity index (χ3v) is 5.90. The van der Waals surface area contributed by atoms with Crippen molar-refractivity contribution in [2.75, 3.05) is 29.6 Å². The molecule has 1 aliphatic heterocycles. The Morgan fingerprint density at radius 1 is 1.03 bits per heavy atom. The summed E-state index contributed by atoms with van der Waals surface area (Å²) in [7, 11) is 0. The average molecular weight is 481 g/mol. The van der Waals surface area contributed by atoms with Gasteiger partial charge in [0.2, 0.25) is 0 Å². The molecule has 1 fully saturated rings. The Balaban J connectivity index is 2.00. The number of hydrogen-bond acceptors (Lipinski definition) is 8. The van der Waals surface area contributed by atoms with Crippen molar-refractivity contribution in [2.45, 2.75) is 31.0 Å². The minimum atomic E-state index is -1.99. The van der Waals surface area contributed by atoms with Crippen molar-refractivity contribution in [1.82, 2.24) is 0 Å². The van der Waals surface area contributed by atoms with E-state index in [1.54, 1.807) is 41.3 Å². The Morgan fingerprint density at radius 3 is 2.23 bits per heavy atom. The van der Waals surface area contributed by atoms with Gasteiger partial charge in [-0.1, -0.05) is 0 Å². The van der Waals surface area contributed by atoms with Gasteiger partial charge in [-0.05, 0) is 0 Å². The van der Waals surface area contributed by atoms with Crippen LogP contribution in [0.3, 0.4) is 0 Å². The van der Waals surface area contributed by atoms with Gasteiger partial charge < -0.3 is 0 Å². The van der Waals surface area contributed by atoms with Gasteiger partial charge in [0.1, 0.15) is 0 Å². The van der Waals surface area contributed by atoms with E-state index in [0.717, 1.165) is 5.69 Å². The zero-order valence-corrected chi connectivity index (χ0v) is 18.2. The van der Waals surface area contributed by atoms with Crippen LogP contribution in [-0.2, 0) is 0 Å². The molecule has 0 aliphatic carbocycles. The maximum absolute atomic E-state index is 11.5. The summed E-state index contributed by atoms with van der Waals surface area (Å²) in [5, 5.41) is 51.7. The second kappa shape index (κ2) is 9.45. The van der Waals surface area contributed by atoms with Gasteiger partial charge in [0.15, 0.2) is 0 Å². The zero-order chi connectivity index (χ0) is 21.9. The van der Waals surface area contributed by atoms with Gasteiger partial charge in [0.05, 0.1) is 0 Å². The van der Waals surface area contributed by atoms with E-state index in [1.807, 2.05) is 25.1 Å². The second-order valence-electron chi connectivity index (χ2n) is 7.03. The van der Waals surface area contributed by atoms with E-state index in [1.165, 1.54) is 4.90 Å². The Labute approximate surface area is 182 Å². The van der Waals surface area contributed by atoms with Crippen LogP contribution in [0.4, 0.5) is 11.4 Å². The number of hydrogen-bond donors (Lipinski definition) is 5. The number of rotatable bonds is 8. The summed E-state index contributed by atoms with van der Waals surface area (Å²) in [4.78, 5) is 3.23. The van der Waals surface area contributed by atoms with E-state index < -0.39 is 30.6 Å². The number of benzene rings is 2. The third-order valence-electron chi connectivity index (χ3n) is 5.05. The first-order valence-electron chi connectivity index (χ1n) is 9.60. The van der Waals surface area contributed by atoms with Crippen LogP contribution >= 0.6 is 0 Å². The minimum absolute atomic E-state index is 0.103. The monoisotopic (exact) mass is 482 g/mol. The molecule has 0 aromatic heterocycles. The molecule has 9 heteroatoms. The van der Waals surface area contributed by atoms with Gasteiger partial charge >= 0.3 is 183 Å². The van der Waals surface area contributed by atoms with Gasteiger partial charge in [-0.25, -0.2) is 0 Å². The topological polar surface area (TPSA) is 117 Å². The van der Waals surface area contributed by atoms with Crippen molar-refractivity contribution in [3.05, 3.63) is 54.6 Å². The molecule has 1 heterocycles. The first kappa shape index (κ1) is 22.7. The summed E-state index contributed by atoms with van der Waals surface area (Å²) < 4.78 is 5.97. The molecule has 2 aromatic carbocycles. The molecule has 0 spiro atoms. The van der Waals surface area contributed by atoms with Crippen molar-refractivity contribution in [3.8, 4) is 5.75 Å². The molecule has 2 aromatic rings. The Bertz CT molecular complexity index is 852. The van der Waals surface area contributed by atoms with E-state index in [0.29, 0.717) is 22.7 Å². The van der Waals surface area contributed by atoms with Crippen LogP contribution in [0.2, 0.25) is 0 Å². The van der Waals surface area contributed by atoms with Crippen LogP contribution in [0, 0.1) is 0 Å². The first-order valence-corrected chi connectivity index (χ1v) is 10.5. The Morgan fingerprint density at radius 2 is 1.67 bits per heavy atom. The van der Waals surface area contributed by atoms with Gasteiger partial charge in [-0.2, -0.15) is 0 Å². The van der Waals surface area contributed by atoms with Crippen molar-refractivity contribution >= 4 is 31.6 Å². The van der Waals surface area contributed by atoms with Crippen molar-refractivity contribution < 1.29 is 30.3 Å². The molecule has 8 nitrogen and oxygen atoms in total. The summed E-state index contributed by atoms with van der Waals surface area (Å²) in [6.45, 7) is 1.58. The van der Waals surface area contributed by atoms with E-state index in [4.69, 9.17) is 9.84 Å². The summed E-state index contributed by atoms with van der Waals surface area (Å²) in [5.74, 6) is 0.707. The van der Waals surface area contributed by atoms with E-state index in [2.05, 4.69) is 15.6 Å². The van der Waals surface area contributed by atoms with Gasteiger partial charge in [-0.3, -0.25) is 0 Å². The van der Waals surface area contributed by atoms with Crippen molar-refractivity contribution in [2.24, 2.45) is 0 Å². The molecular weight excluding hydrogens is 455 g/mol. The summed E-state index contributed by atoms with van der Waals surface area (Å²) in [6, 6.07) is 16.2. The van der Waals surface area contributed by atoms with Crippen LogP contribution < -0.4 is 14.5 Å². The van der Waals surface area contributed by atoms with Gasteiger partial charge in [0.25, 0.3) is 0 Å². The van der Waals surface area contributed by atoms with E-state index >= 15 is 0 Å². The molecule has 0 saturated carbocycles. The molecule has 4 atom stereocenters. The standard InChI is InChI=1S/C21H26N2O6Se/c1-2-29-16-10-8-14(9-11-16)22-13-21(28,19(27)18(26)17(25)12-24)23(20(22)30)15-6-4-3-5-7-15/h3-11,17-19,24-28H,2,12-13H2,1H3/t17-,18-,19+,21?/m1/s1. The maximum atomic E-state index is 11.5. The van der Waals surface area contributed by atoms with Crippen LogP contribution in [-0.4, -0.2) is 89.6 Å². The number of aliphatic hydroxyl groups is 5. The third kappa shape index (κ3) is 4.24. The number of nitrogens with zero attached hydrogens (tertiary/aromatic N) is 2. The quantitative estimate of drug-likeness (QED) is 0.319. The van der Waals surface area contributed by atoms with E-state index in [9.17, 15) is 20.4 Å². The van der Waals surface area contributed by atoms with Crippen molar-refractivity contribution in [3.63, 3.8) is 0 Å². The molecule has 30 heavy (non-hydrogen) atoms. The molecule has 0 radical (unpaired) electrons. The number of β-amino-alcohol motifs (C(OH)–C–C–N with tert-alkyl or cyclic N) is 1. The predicted molar refractivity (Wildman–Crippen MR) is 115 cm³/mol. The molecule has 3 rings (SSSR count). The fourth-order valence-electron chi connectivity index (χ4n) is 3.48. The van der Waals surface area contributed by atoms with Gasteiger partial charge in [0, 0.05) is 0 Å². The summed E-state index contributed by atoms with van der Waals surface area (Å²) in [5.41, 5.74) is -0.684.